The molecule has 0 saturated carbocycles. The van der Waals surface area contributed by atoms with Gasteiger partial charge in [0.1, 0.15) is 0 Å². The van der Waals surface area contributed by atoms with Gasteiger partial charge in [0.2, 0.25) is 0 Å². The number of nitrogens with zero attached hydrogens (tertiary/aromatic N) is 1. The molecule has 2 amide bonds. The SMILES string of the molecule is CC(C)N1CCC(CNC(=O)C(=O)NCc2ccccc2Cl)CC1. The summed E-state index contributed by atoms with van der Waals surface area (Å²) in [5.41, 5.74) is 0.793. The molecular formula is C18H26ClN3O2. The molecule has 24 heavy (non-hydrogen) atoms. The number of amides is 2. The Hall–Kier alpha value is -1.59. The van der Waals surface area contributed by atoms with E-state index < -0.39 is 11.8 Å². The van der Waals surface area contributed by atoms with Crippen LogP contribution >= 0.6 is 11.6 Å². The average molecular weight is 352 g/mol. The first-order chi connectivity index (χ1) is 11.5. The standard InChI is InChI=1S/C18H26ClN3O2/c1-13(2)22-9-7-14(8-10-22)11-20-17(23)18(24)21-12-15-5-3-4-6-16(15)19/h3-6,13-14H,7-12H2,1-2H3,(H,20,23)(H,21,24). The van der Waals surface area contributed by atoms with Crippen molar-refractivity contribution in [1.82, 2.24) is 15.5 Å². The van der Waals surface area contributed by atoms with Crippen molar-refractivity contribution < 1.29 is 9.59 Å². The maximum absolute atomic E-state index is 11.9. The second kappa shape index (κ2) is 9.04. The third kappa shape index (κ3) is 5.49. The average Bonchev–Trinajstić information content (AvgIpc) is 2.59. The quantitative estimate of drug-likeness (QED) is 0.799. The number of nitrogens with one attached hydrogen (secondary N) is 2. The zero-order chi connectivity index (χ0) is 17.5. The van der Waals surface area contributed by atoms with Crippen molar-refractivity contribution in [3.05, 3.63) is 34.9 Å². The number of halogens is 1. The Bertz CT molecular complexity index is 569. The number of rotatable bonds is 5. The van der Waals surface area contributed by atoms with Crippen LogP contribution in [0.4, 0.5) is 0 Å². The van der Waals surface area contributed by atoms with E-state index in [1.165, 1.54) is 0 Å². The summed E-state index contributed by atoms with van der Waals surface area (Å²) in [5, 5.41) is 5.93. The van der Waals surface area contributed by atoms with Gasteiger partial charge in [-0.15, -0.1) is 0 Å². The van der Waals surface area contributed by atoms with Crippen molar-refractivity contribution in [3.8, 4) is 0 Å². The van der Waals surface area contributed by atoms with Gasteiger partial charge >= 0.3 is 11.8 Å². The number of hydrogen-bond acceptors (Lipinski definition) is 3. The summed E-state index contributed by atoms with van der Waals surface area (Å²) in [4.78, 5) is 26.2. The summed E-state index contributed by atoms with van der Waals surface area (Å²) in [6, 6.07) is 7.81. The van der Waals surface area contributed by atoms with Crippen molar-refractivity contribution in [3.63, 3.8) is 0 Å². The lowest BCUT2D eigenvalue weighted by atomic mass is 9.96. The number of benzene rings is 1. The topological polar surface area (TPSA) is 61.4 Å². The maximum Gasteiger partial charge on any atom is 0.309 e. The van der Waals surface area contributed by atoms with Crippen LogP contribution in [0.1, 0.15) is 32.3 Å². The second-order valence-electron chi connectivity index (χ2n) is 6.56. The van der Waals surface area contributed by atoms with Crippen LogP contribution < -0.4 is 10.6 Å². The molecule has 0 radical (unpaired) electrons. The van der Waals surface area contributed by atoms with Gasteiger partial charge in [0.15, 0.2) is 0 Å². The van der Waals surface area contributed by atoms with Crippen molar-refractivity contribution in [2.24, 2.45) is 5.92 Å². The van der Waals surface area contributed by atoms with Crippen molar-refractivity contribution >= 4 is 23.4 Å². The molecule has 1 saturated heterocycles. The Kier molecular flexibility index (Phi) is 7.06. The van der Waals surface area contributed by atoms with E-state index >= 15 is 0 Å². The fraction of sp³-hybridized carbons (Fsp3) is 0.556. The molecule has 2 N–H and O–H groups in total. The first-order valence-electron chi connectivity index (χ1n) is 8.51. The fourth-order valence-electron chi connectivity index (χ4n) is 2.89. The van der Waals surface area contributed by atoms with Crippen LogP contribution in [-0.2, 0) is 16.1 Å². The fourth-order valence-corrected chi connectivity index (χ4v) is 3.09. The molecule has 0 atom stereocenters. The summed E-state index contributed by atoms with van der Waals surface area (Å²) < 4.78 is 0. The molecule has 1 aromatic carbocycles. The molecule has 0 spiro atoms. The van der Waals surface area contributed by atoms with Crippen molar-refractivity contribution in [2.75, 3.05) is 19.6 Å². The van der Waals surface area contributed by atoms with Gasteiger partial charge in [-0.2, -0.15) is 0 Å². The lowest BCUT2D eigenvalue weighted by Crippen LogP contribution is -2.44. The van der Waals surface area contributed by atoms with Gasteiger partial charge in [-0.1, -0.05) is 29.8 Å². The molecule has 2 rings (SSSR count). The first-order valence-corrected chi connectivity index (χ1v) is 8.88. The highest BCUT2D eigenvalue weighted by Gasteiger charge is 2.22. The minimum Gasteiger partial charge on any atom is -0.348 e. The lowest BCUT2D eigenvalue weighted by molar-refractivity contribution is -0.139. The second-order valence-corrected chi connectivity index (χ2v) is 6.96. The molecule has 5 nitrogen and oxygen atoms in total. The molecule has 1 aromatic rings. The molecule has 1 fully saturated rings. The molecule has 1 aliphatic heterocycles. The largest absolute Gasteiger partial charge is 0.348 e. The summed E-state index contributed by atoms with van der Waals surface area (Å²) in [6.07, 6.45) is 2.11. The Balaban J connectivity index is 1.69. The monoisotopic (exact) mass is 351 g/mol. The summed E-state index contributed by atoms with van der Waals surface area (Å²) in [5.74, 6) is -0.747. The van der Waals surface area contributed by atoms with Gasteiger partial charge in [-0.25, -0.2) is 0 Å². The van der Waals surface area contributed by atoms with Gasteiger partial charge in [0.05, 0.1) is 0 Å². The van der Waals surface area contributed by atoms with Gasteiger partial charge < -0.3 is 15.5 Å². The zero-order valence-corrected chi connectivity index (χ0v) is 15.1. The third-order valence-corrected chi connectivity index (χ3v) is 4.90. The summed E-state index contributed by atoms with van der Waals surface area (Å²) in [7, 11) is 0. The molecule has 1 heterocycles. The zero-order valence-electron chi connectivity index (χ0n) is 14.3. The number of hydrogen-bond donors (Lipinski definition) is 2. The molecule has 132 valence electrons. The maximum atomic E-state index is 11.9. The van der Waals surface area contributed by atoms with E-state index in [1.807, 2.05) is 18.2 Å². The van der Waals surface area contributed by atoms with E-state index in [0.29, 0.717) is 23.5 Å². The highest BCUT2D eigenvalue weighted by atomic mass is 35.5. The van der Waals surface area contributed by atoms with Crippen LogP contribution in [0.5, 0.6) is 0 Å². The summed E-state index contributed by atoms with van der Waals surface area (Å²) >= 11 is 6.03. The van der Waals surface area contributed by atoms with Crippen LogP contribution in [0.2, 0.25) is 5.02 Å². The first kappa shape index (κ1) is 18.7. The minimum atomic E-state index is -0.616. The highest BCUT2D eigenvalue weighted by molar-refractivity contribution is 6.35. The number of likely N-dealkylation sites (tertiary alicyclic amines) is 1. The van der Waals surface area contributed by atoms with Crippen molar-refractivity contribution in [2.45, 2.75) is 39.3 Å². The normalized spacial score (nSPS) is 16.2. The lowest BCUT2D eigenvalue weighted by Gasteiger charge is -2.34. The molecule has 0 aliphatic carbocycles. The van der Waals surface area contributed by atoms with E-state index in [1.54, 1.807) is 6.07 Å². The Labute approximate surface area is 148 Å². The number of carbonyl (C=O) groups excluding carboxylic acids is 2. The molecule has 1 aliphatic rings. The summed E-state index contributed by atoms with van der Waals surface area (Å²) in [6.45, 7) is 7.31. The number of carbonyl (C=O) groups is 2. The van der Waals surface area contributed by atoms with Gasteiger partial charge in [0.25, 0.3) is 0 Å². The van der Waals surface area contributed by atoms with Gasteiger partial charge in [-0.3, -0.25) is 9.59 Å². The molecule has 0 bridgehead atoms. The Morgan fingerprint density at radius 2 is 1.79 bits per heavy atom. The van der Waals surface area contributed by atoms with E-state index in [9.17, 15) is 9.59 Å². The molecule has 0 unspecified atom stereocenters. The van der Waals surface area contributed by atoms with Crippen molar-refractivity contribution in [1.29, 1.82) is 0 Å². The van der Waals surface area contributed by atoms with E-state index in [-0.39, 0.29) is 6.54 Å². The Morgan fingerprint density at radius 1 is 1.17 bits per heavy atom. The van der Waals surface area contributed by atoms with Gasteiger partial charge in [-0.05, 0) is 57.3 Å². The van der Waals surface area contributed by atoms with Gasteiger partial charge in [0, 0.05) is 24.2 Å². The van der Waals surface area contributed by atoms with Crippen LogP contribution in [0, 0.1) is 5.92 Å². The van der Waals surface area contributed by atoms with Crippen LogP contribution in [0.25, 0.3) is 0 Å². The van der Waals surface area contributed by atoms with Crippen LogP contribution in [0.3, 0.4) is 0 Å². The number of piperidine rings is 1. The van der Waals surface area contributed by atoms with Crippen LogP contribution in [-0.4, -0.2) is 42.4 Å². The predicted molar refractivity (Wildman–Crippen MR) is 95.7 cm³/mol. The smallest absolute Gasteiger partial charge is 0.309 e. The van der Waals surface area contributed by atoms with E-state index in [4.69, 9.17) is 11.6 Å². The van der Waals surface area contributed by atoms with E-state index in [2.05, 4.69) is 29.4 Å². The Morgan fingerprint density at radius 3 is 2.42 bits per heavy atom. The van der Waals surface area contributed by atoms with Crippen LogP contribution in [0.15, 0.2) is 24.3 Å². The molecule has 6 heteroatoms. The molecular weight excluding hydrogens is 326 g/mol. The molecule has 0 aromatic heterocycles. The predicted octanol–water partition coefficient (Wildman–Crippen LogP) is 2.19. The third-order valence-electron chi connectivity index (χ3n) is 4.53. The highest BCUT2D eigenvalue weighted by Crippen LogP contribution is 2.18. The van der Waals surface area contributed by atoms with E-state index in [0.717, 1.165) is 31.5 Å². The minimum absolute atomic E-state index is 0.249.